The van der Waals surface area contributed by atoms with Crippen LogP contribution in [0.2, 0.25) is 0 Å². The third kappa shape index (κ3) is 13.5. The molecule has 0 aromatic rings. The fourth-order valence-corrected chi connectivity index (χ4v) is 6.68. The number of cyclic esters (lactones) is 1. The quantitative estimate of drug-likeness (QED) is 0.176. The summed E-state index contributed by atoms with van der Waals surface area (Å²) in [6.45, 7) is 7.24. The van der Waals surface area contributed by atoms with Crippen LogP contribution in [-0.4, -0.2) is 97.3 Å². The molecule has 0 aliphatic carbocycles. The molecule has 10 nitrogen and oxygen atoms in total. The Hall–Kier alpha value is -2.41. The number of fused-ring (bicyclic) bond motifs is 2. The second-order valence-electron chi connectivity index (χ2n) is 14.0. The van der Waals surface area contributed by atoms with E-state index in [0.29, 0.717) is 24.8 Å². The largest absolute Gasteiger partial charge is 0.458 e. The first-order valence-corrected chi connectivity index (χ1v) is 17.4. The first kappa shape index (κ1) is 40.0. The van der Waals surface area contributed by atoms with Gasteiger partial charge in [0.25, 0.3) is 0 Å². The van der Waals surface area contributed by atoms with Gasteiger partial charge < -0.3 is 44.8 Å². The van der Waals surface area contributed by atoms with E-state index in [0.717, 1.165) is 0 Å². The monoisotopic (exact) mass is 674 g/mol. The Bertz CT molecular complexity index is 1170. The maximum atomic E-state index is 12.8. The van der Waals surface area contributed by atoms with Crippen molar-refractivity contribution < 1.29 is 49.6 Å². The average Bonchev–Trinajstić information content (AvgIpc) is 2.98. The number of ether oxygens (including phenoxy) is 3. The second-order valence-corrected chi connectivity index (χ2v) is 14.0. The fourth-order valence-electron chi connectivity index (χ4n) is 6.68. The molecule has 11 atom stereocenters. The normalized spacial score (nSPS) is 43.1. The van der Waals surface area contributed by atoms with Crippen LogP contribution >= 0.6 is 0 Å². The molecule has 2 saturated heterocycles. The van der Waals surface area contributed by atoms with Gasteiger partial charge >= 0.3 is 5.97 Å². The van der Waals surface area contributed by atoms with Gasteiger partial charge in [0, 0.05) is 37.2 Å². The first-order valence-electron chi connectivity index (χ1n) is 17.4. The van der Waals surface area contributed by atoms with E-state index < -0.39 is 66.5 Å². The number of hydrogen-bond donors (Lipinski definition) is 6. The van der Waals surface area contributed by atoms with Crippen LogP contribution in [0.25, 0.3) is 0 Å². The molecule has 3 heterocycles. The molecule has 3 rings (SSSR count). The van der Waals surface area contributed by atoms with Gasteiger partial charge in [0.05, 0.1) is 48.8 Å². The summed E-state index contributed by atoms with van der Waals surface area (Å²) in [6.07, 6.45) is 15.5. The van der Waals surface area contributed by atoms with Gasteiger partial charge in [-0.1, -0.05) is 87.6 Å². The minimum atomic E-state index is -1.11. The standard InChI is InChI=1S/C38H58O10/c1-25(2)36-27(4)35(44)22-30(41)19-29(40)18-28(39)15-13-17-34-21-32(43)24-38(48-34)23-31(42)20-33(47-38)16-12-10-8-6-5-7-9-11-14-26(3)37(45)46-36/h5-14,17,25,27-36,39-44H,15-16,18-24H2,1-4H3/b7-5+,8-6+,11-9+,12-10-,17-13+,26-14+/t27-,28+,29+,30-,31-,32+,33+,34-,35-,36-,38+/m0/s1. The molecule has 0 aromatic carbocycles. The number of carbonyl (C=O) groups is 1. The van der Waals surface area contributed by atoms with Gasteiger partial charge in [0.2, 0.25) is 0 Å². The molecule has 48 heavy (non-hydrogen) atoms. The Kier molecular flexibility index (Phi) is 16.4. The topological polar surface area (TPSA) is 166 Å². The van der Waals surface area contributed by atoms with Crippen LogP contribution in [-0.2, 0) is 19.0 Å². The molecule has 1 spiro atoms. The van der Waals surface area contributed by atoms with Crippen LogP contribution in [0.5, 0.6) is 0 Å². The molecule has 0 unspecified atom stereocenters. The van der Waals surface area contributed by atoms with Gasteiger partial charge in [-0.15, -0.1) is 0 Å². The van der Waals surface area contributed by atoms with Crippen LogP contribution in [0, 0.1) is 11.8 Å². The Morgan fingerprint density at radius 2 is 1.31 bits per heavy atom. The van der Waals surface area contributed by atoms with Crippen molar-refractivity contribution in [1.82, 2.24) is 0 Å². The summed E-state index contributed by atoms with van der Waals surface area (Å²) < 4.78 is 18.4. The number of hydrogen-bond acceptors (Lipinski definition) is 10. The summed E-state index contributed by atoms with van der Waals surface area (Å²) in [5, 5.41) is 64.0. The summed E-state index contributed by atoms with van der Waals surface area (Å²) in [7, 11) is 0. The van der Waals surface area contributed by atoms with Crippen LogP contribution in [0.1, 0.15) is 85.5 Å². The van der Waals surface area contributed by atoms with Gasteiger partial charge in [-0.25, -0.2) is 4.79 Å². The van der Waals surface area contributed by atoms with Crippen LogP contribution in [0.15, 0.2) is 72.4 Å². The highest BCUT2D eigenvalue weighted by Crippen LogP contribution is 2.40. The summed E-state index contributed by atoms with van der Waals surface area (Å²) in [5.41, 5.74) is 0.405. The molecule has 0 saturated carbocycles. The molecule has 270 valence electrons. The zero-order valence-electron chi connectivity index (χ0n) is 28.9. The number of rotatable bonds is 1. The Labute approximate surface area is 285 Å². The van der Waals surface area contributed by atoms with Crippen molar-refractivity contribution in [2.24, 2.45) is 11.8 Å². The van der Waals surface area contributed by atoms with Crippen molar-refractivity contribution in [1.29, 1.82) is 0 Å². The minimum absolute atomic E-state index is 0.0207. The maximum absolute atomic E-state index is 12.8. The summed E-state index contributed by atoms with van der Waals surface area (Å²) in [5.74, 6) is -2.16. The van der Waals surface area contributed by atoms with Crippen molar-refractivity contribution in [3.63, 3.8) is 0 Å². The fraction of sp³-hybridized carbons (Fsp3) is 0.658. The third-order valence-electron chi connectivity index (χ3n) is 9.14. The molecule has 0 aromatic heterocycles. The molecule has 3 aliphatic heterocycles. The predicted octanol–water partition coefficient (Wildman–Crippen LogP) is 4.10. The van der Waals surface area contributed by atoms with Gasteiger partial charge in [0.1, 0.15) is 6.10 Å². The van der Waals surface area contributed by atoms with Crippen molar-refractivity contribution in [2.75, 3.05) is 0 Å². The highest BCUT2D eigenvalue weighted by atomic mass is 16.7. The second kappa shape index (κ2) is 19.7. The summed E-state index contributed by atoms with van der Waals surface area (Å²) in [6, 6.07) is 0. The number of aliphatic hydroxyl groups is 6. The zero-order chi connectivity index (χ0) is 35.3. The Morgan fingerprint density at radius 3 is 2.00 bits per heavy atom. The van der Waals surface area contributed by atoms with Crippen molar-refractivity contribution in [2.45, 2.75) is 146 Å². The Morgan fingerprint density at radius 1 is 0.708 bits per heavy atom. The molecule has 0 amide bonds. The van der Waals surface area contributed by atoms with Gasteiger partial charge in [0.15, 0.2) is 5.79 Å². The van der Waals surface area contributed by atoms with E-state index in [1.54, 1.807) is 44.2 Å². The number of allylic oxidation sites excluding steroid dienone is 8. The van der Waals surface area contributed by atoms with Crippen molar-refractivity contribution in [3.05, 3.63) is 72.4 Å². The number of esters is 1. The van der Waals surface area contributed by atoms with Crippen LogP contribution < -0.4 is 0 Å². The number of carbonyl (C=O) groups excluding carboxylic acids is 1. The zero-order valence-corrected chi connectivity index (χ0v) is 28.9. The van der Waals surface area contributed by atoms with E-state index in [4.69, 9.17) is 14.2 Å². The van der Waals surface area contributed by atoms with Crippen LogP contribution in [0.4, 0.5) is 0 Å². The maximum Gasteiger partial charge on any atom is 0.334 e. The minimum Gasteiger partial charge on any atom is -0.458 e. The predicted molar refractivity (Wildman–Crippen MR) is 183 cm³/mol. The average molecular weight is 675 g/mol. The molecule has 6 N–H and O–H groups in total. The Balaban J connectivity index is 1.75. The van der Waals surface area contributed by atoms with E-state index in [1.807, 2.05) is 50.3 Å². The lowest BCUT2D eigenvalue weighted by molar-refractivity contribution is -0.331. The molecule has 2 fully saturated rings. The molecule has 3 bridgehead atoms. The van der Waals surface area contributed by atoms with E-state index in [-0.39, 0.29) is 50.5 Å². The molecule has 0 radical (unpaired) electrons. The summed E-state index contributed by atoms with van der Waals surface area (Å²) in [4.78, 5) is 12.8. The molecule has 10 heteroatoms. The molecule has 3 aliphatic rings. The smallest absolute Gasteiger partial charge is 0.334 e. The number of aliphatic hydroxyl groups excluding tert-OH is 6. The van der Waals surface area contributed by atoms with E-state index >= 15 is 0 Å². The molecular weight excluding hydrogens is 616 g/mol. The van der Waals surface area contributed by atoms with Crippen molar-refractivity contribution in [3.8, 4) is 0 Å². The SMILES string of the molecule is C\C1=C/C=C/C=C/C=C/C=C\C[C@@H]2C[C@H](O)C[C@@]3(C[C@H](O)C[C@H](/C=C/C[C@@H](O)C[C@@H](O)C[C@H](O)C[C@H](O)[C@H](C)[C@H](C(C)C)OC1=O)O3)O2. The van der Waals surface area contributed by atoms with Gasteiger partial charge in [-0.2, -0.15) is 0 Å². The lowest BCUT2D eigenvalue weighted by Crippen LogP contribution is -2.54. The lowest BCUT2D eigenvalue weighted by Gasteiger charge is -2.48. The highest BCUT2D eigenvalue weighted by Gasteiger charge is 2.47. The first-order chi connectivity index (χ1) is 22.8. The van der Waals surface area contributed by atoms with Crippen LogP contribution in [0.3, 0.4) is 0 Å². The highest BCUT2D eigenvalue weighted by molar-refractivity contribution is 5.88. The van der Waals surface area contributed by atoms with Crippen molar-refractivity contribution >= 4 is 5.97 Å². The summed E-state index contributed by atoms with van der Waals surface area (Å²) >= 11 is 0. The van der Waals surface area contributed by atoms with E-state index in [2.05, 4.69) is 0 Å². The third-order valence-corrected chi connectivity index (χ3v) is 9.14. The lowest BCUT2D eigenvalue weighted by atomic mass is 9.86. The molecular formula is C38H58O10. The van der Waals surface area contributed by atoms with Gasteiger partial charge in [-0.3, -0.25) is 0 Å². The van der Waals surface area contributed by atoms with E-state index in [1.165, 1.54) is 0 Å². The van der Waals surface area contributed by atoms with Gasteiger partial charge in [-0.05, 0) is 44.9 Å². The van der Waals surface area contributed by atoms with E-state index in [9.17, 15) is 35.4 Å².